The van der Waals surface area contributed by atoms with Gasteiger partial charge in [0.05, 0.1) is 0 Å². The van der Waals surface area contributed by atoms with Crippen LogP contribution < -0.4 is 5.32 Å². The standard InChI is InChI=1S/C11H18Cl3NO2/c1-8-3-5-10(2,6-4-8)15-9(16)17-7-11(12,13)14/h8H,3-7H2,1-2H3,(H,15,16). The summed E-state index contributed by atoms with van der Waals surface area (Å²) in [6.07, 6.45) is 3.62. The summed E-state index contributed by atoms with van der Waals surface area (Å²) in [7, 11) is 0. The van der Waals surface area contributed by atoms with Crippen LogP contribution in [0.3, 0.4) is 0 Å². The maximum atomic E-state index is 11.5. The molecule has 0 spiro atoms. The molecule has 0 unspecified atom stereocenters. The lowest BCUT2D eigenvalue weighted by Crippen LogP contribution is -2.48. The van der Waals surface area contributed by atoms with Gasteiger partial charge < -0.3 is 10.1 Å². The fourth-order valence-electron chi connectivity index (χ4n) is 1.95. The van der Waals surface area contributed by atoms with Gasteiger partial charge in [0, 0.05) is 5.54 Å². The van der Waals surface area contributed by atoms with Crippen LogP contribution in [0.5, 0.6) is 0 Å². The average molecular weight is 303 g/mol. The van der Waals surface area contributed by atoms with Crippen molar-refractivity contribution in [3.8, 4) is 0 Å². The Morgan fingerprint density at radius 3 is 2.41 bits per heavy atom. The van der Waals surface area contributed by atoms with E-state index in [2.05, 4.69) is 12.2 Å². The zero-order valence-electron chi connectivity index (χ0n) is 10.1. The van der Waals surface area contributed by atoms with Gasteiger partial charge in [-0.3, -0.25) is 0 Å². The van der Waals surface area contributed by atoms with Gasteiger partial charge in [-0.2, -0.15) is 0 Å². The van der Waals surface area contributed by atoms with Crippen molar-refractivity contribution in [2.45, 2.75) is 48.9 Å². The minimum absolute atomic E-state index is 0.197. The first kappa shape index (κ1) is 15.2. The number of hydrogen-bond donors (Lipinski definition) is 1. The molecule has 0 aromatic carbocycles. The van der Waals surface area contributed by atoms with Gasteiger partial charge in [-0.25, -0.2) is 4.79 Å². The highest BCUT2D eigenvalue weighted by molar-refractivity contribution is 6.67. The highest BCUT2D eigenvalue weighted by atomic mass is 35.6. The second-order valence-electron chi connectivity index (χ2n) is 5.06. The number of alkyl carbamates (subject to hydrolysis) is 1. The quantitative estimate of drug-likeness (QED) is 0.781. The molecule has 1 rings (SSSR count). The Morgan fingerprint density at radius 2 is 1.94 bits per heavy atom. The first-order chi connectivity index (χ1) is 7.70. The molecule has 0 bridgehead atoms. The average Bonchev–Trinajstić information content (AvgIpc) is 2.19. The van der Waals surface area contributed by atoms with E-state index in [1.165, 1.54) is 0 Å². The number of alkyl halides is 3. The van der Waals surface area contributed by atoms with Gasteiger partial charge in [-0.1, -0.05) is 41.7 Å². The van der Waals surface area contributed by atoms with Crippen molar-refractivity contribution >= 4 is 40.9 Å². The maximum Gasteiger partial charge on any atom is 0.407 e. The molecule has 1 amide bonds. The zero-order chi connectivity index (χ0) is 13.1. The van der Waals surface area contributed by atoms with Gasteiger partial charge in [0.25, 0.3) is 0 Å². The van der Waals surface area contributed by atoms with Gasteiger partial charge in [-0.15, -0.1) is 0 Å². The Labute approximate surface area is 117 Å². The summed E-state index contributed by atoms with van der Waals surface area (Å²) in [6.45, 7) is 4.01. The molecule has 0 heterocycles. The number of amides is 1. The second-order valence-corrected chi connectivity index (χ2v) is 7.58. The van der Waals surface area contributed by atoms with E-state index in [0.29, 0.717) is 0 Å². The predicted octanol–water partition coefficient (Wildman–Crippen LogP) is 4.05. The van der Waals surface area contributed by atoms with E-state index < -0.39 is 9.89 Å². The van der Waals surface area contributed by atoms with E-state index in [1.807, 2.05) is 6.92 Å². The third-order valence-electron chi connectivity index (χ3n) is 3.15. The fourth-order valence-corrected chi connectivity index (χ4v) is 2.12. The summed E-state index contributed by atoms with van der Waals surface area (Å²) in [6, 6.07) is 0. The summed E-state index contributed by atoms with van der Waals surface area (Å²) in [4.78, 5) is 11.5. The molecule has 0 saturated heterocycles. The Balaban J connectivity index is 2.35. The second kappa shape index (κ2) is 5.85. The van der Waals surface area contributed by atoms with Crippen molar-refractivity contribution in [2.75, 3.05) is 6.61 Å². The molecule has 0 radical (unpaired) electrons. The molecule has 6 heteroatoms. The van der Waals surface area contributed by atoms with Crippen molar-refractivity contribution in [3.05, 3.63) is 0 Å². The molecule has 1 aliphatic rings. The van der Waals surface area contributed by atoms with Crippen molar-refractivity contribution < 1.29 is 9.53 Å². The van der Waals surface area contributed by atoms with Gasteiger partial charge in [-0.05, 0) is 38.5 Å². The molecule has 0 atom stereocenters. The Hall–Kier alpha value is 0.140. The number of hydrogen-bond acceptors (Lipinski definition) is 2. The zero-order valence-corrected chi connectivity index (χ0v) is 12.3. The lowest BCUT2D eigenvalue weighted by molar-refractivity contribution is 0.124. The smallest absolute Gasteiger partial charge is 0.407 e. The number of carbonyl (C=O) groups is 1. The van der Waals surface area contributed by atoms with Crippen LogP contribution >= 0.6 is 34.8 Å². The monoisotopic (exact) mass is 301 g/mol. The van der Waals surface area contributed by atoms with Crippen LogP contribution in [0.2, 0.25) is 0 Å². The summed E-state index contributed by atoms with van der Waals surface area (Å²) in [5, 5.41) is 2.85. The predicted molar refractivity (Wildman–Crippen MR) is 70.8 cm³/mol. The Kier molecular flexibility index (Phi) is 5.23. The van der Waals surface area contributed by atoms with E-state index in [-0.39, 0.29) is 12.1 Å². The van der Waals surface area contributed by atoms with Gasteiger partial charge in [0.1, 0.15) is 6.61 Å². The van der Waals surface area contributed by atoms with Crippen LogP contribution in [0.15, 0.2) is 0 Å². The van der Waals surface area contributed by atoms with Gasteiger partial charge in [0.15, 0.2) is 0 Å². The number of nitrogens with one attached hydrogen (secondary N) is 1. The third kappa shape index (κ3) is 6.03. The molecule has 100 valence electrons. The summed E-state index contributed by atoms with van der Waals surface area (Å²) in [5.41, 5.74) is -0.197. The number of carbonyl (C=O) groups excluding carboxylic acids is 1. The summed E-state index contributed by atoms with van der Waals surface area (Å²) >= 11 is 16.5. The third-order valence-corrected chi connectivity index (χ3v) is 3.48. The maximum absolute atomic E-state index is 11.5. The van der Waals surface area contributed by atoms with E-state index in [0.717, 1.165) is 31.6 Å². The van der Waals surface area contributed by atoms with E-state index in [4.69, 9.17) is 39.5 Å². The van der Waals surface area contributed by atoms with Crippen molar-refractivity contribution in [1.29, 1.82) is 0 Å². The van der Waals surface area contributed by atoms with Crippen LogP contribution in [0, 0.1) is 5.92 Å². The van der Waals surface area contributed by atoms with Crippen molar-refractivity contribution in [2.24, 2.45) is 5.92 Å². The first-order valence-corrected chi connectivity index (χ1v) is 6.85. The molecule has 0 aliphatic heterocycles. The number of rotatable bonds is 2. The molecule has 1 fully saturated rings. The Bertz CT molecular complexity index is 270. The van der Waals surface area contributed by atoms with Crippen LogP contribution in [-0.4, -0.2) is 22.0 Å². The lowest BCUT2D eigenvalue weighted by atomic mass is 9.78. The van der Waals surface area contributed by atoms with Crippen LogP contribution in [0.4, 0.5) is 4.79 Å². The molecule has 1 aliphatic carbocycles. The lowest BCUT2D eigenvalue weighted by Gasteiger charge is -2.36. The molecule has 17 heavy (non-hydrogen) atoms. The topological polar surface area (TPSA) is 38.3 Å². The SMILES string of the molecule is CC1CCC(C)(NC(=O)OCC(Cl)(Cl)Cl)CC1. The normalized spacial score (nSPS) is 29.8. The van der Waals surface area contributed by atoms with Crippen molar-refractivity contribution in [3.63, 3.8) is 0 Å². The highest BCUT2D eigenvalue weighted by Gasteiger charge is 2.32. The van der Waals surface area contributed by atoms with Crippen LogP contribution in [0.1, 0.15) is 39.5 Å². The molecule has 1 N–H and O–H groups in total. The minimum atomic E-state index is -1.56. The van der Waals surface area contributed by atoms with Crippen LogP contribution in [0.25, 0.3) is 0 Å². The highest BCUT2D eigenvalue weighted by Crippen LogP contribution is 2.31. The number of halogens is 3. The number of ether oxygens (including phenoxy) is 1. The molecular formula is C11H18Cl3NO2. The largest absolute Gasteiger partial charge is 0.445 e. The van der Waals surface area contributed by atoms with E-state index in [9.17, 15) is 4.79 Å². The summed E-state index contributed by atoms with van der Waals surface area (Å²) < 4.78 is 3.30. The summed E-state index contributed by atoms with van der Waals surface area (Å²) in [5.74, 6) is 0.724. The van der Waals surface area contributed by atoms with E-state index in [1.54, 1.807) is 0 Å². The van der Waals surface area contributed by atoms with Gasteiger partial charge in [0.2, 0.25) is 3.79 Å². The first-order valence-electron chi connectivity index (χ1n) is 5.72. The molecular weight excluding hydrogens is 284 g/mol. The molecule has 0 aromatic heterocycles. The van der Waals surface area contributed by atoms with E-state index >= 15 is 0 Å². The Morgan fingerprint density at radius 1 is 1.41 bits per heavy atom. The molecule has 0 aromatic rings. The van der Waals surface area contributed by atoms with Gasteiger partial charge >= 0.3 is 6.09 Å². The molecule has 1 saturated carbocycles. The minimum Gasteiger partial charge on any atom is -0.445 e. The fraction of sp³-hybridized carbons (Fsp3) is 0.909. The molecule has 3 nitrogen and oxygen atoms in total. The van der Waals surface area contributed by atoms with Crippen LogP contribution in [-0.2, 0) is 4.74 Å². The van der Waals surface area contributed by atoms with Crippen molar-refractivity contribution in [1.82, 2.24) is 5.32 Å².